The second-order valence-corrected chi connectivity index (χ2v) is 10.6. The third-order valence-electron chi connectivity index (χ3n) is 5.09. The Morgan fingerprint density at radius 2 is 1.38 bits per heavy atom. The number of esters is 1. The summed E-state index contributed by atoms with van der Waals surface area (Å²) >= 11 is 0. The van der Waals surface area contributed by atoms with Crippen molar-refractivity contribution in [3.63, 3.8) is 0 Å². The number of carbonyl (C=O) groups excluding carboxylic acids is 1. The van der Waals surface area contributed by atoms with Crippen molar-refractivity contribution in [3.8, 4) is 11.5 Å². The van der Waals surface area contributed by atoms with Crippen LogP contribution in [0, 0.1) is 0 Å². The number of hydrogen-bond donors (Lipinski definition) is 1. The van der Waals surface area contributed by atoms with E-state index >= 15 is 0 Å². The van der Waals surface area contributed by atoms with Gasteiger partial charge >= 0.3 is 5.97 Å². The van der Waals surface area contributed by atoms with E-state index in [4.69, 9.17) is 14.2 Å². The molecule has 3 rings (SSSR count). The highest BCUT2D eigenvalue weighted by Gasteiger charge is 2.45. The molecule has 12 heteroatoms. The maximum atomic E-state index is 13.2. The van der Waals surface area contributed by atoms with Crippen LogP contribution in [0.15, 0.2) is 58.3 Å². The van der Waals surface area contributed by atoms with Crippen LogP contribution in [0.5, 0.6) is 11.5 Å². The van der Waals surface area contributed by atoms with Crippen LogP contribution >= 0.6 is 0 Å². The highest BCUT2D eigenvalue weighted by molar-refractivity contribution is 7.89. The minimum Gasteiger partial charge on any atom is -0.497 e. The molecule has 10 nitrogen and oxygen atoms in total. The second-order valence-electron chi connectivity index (χ2n) is 7.02. The zero-order chi connectivity index (χ0) is 23.5. The average molecular weight is 485 g/mol. The standard InChI is InChI=1S/C20H24N2O8S2/c1-28-15-4-8-17(9-5-15)31(24,25)21-14-12-19(20(23)30-3)22(13-14)32(26,27)18-10-6-16(29-2)7-11-18/h4-11,14,19,21H,12-13H2,1-3H3/t14-,19+/m0/s1. The summed E-state index contributed by atoms with van der Waals surface area (Å²) in [7, 11) is -4.00. The lowest BCUT2D eigenvalue weighted by atomic mass is 10.2. The van der Waals surface area contributed by atoms with E-state index in [9.17, 15) is 21.6 Å². The van der Waals surface area contributed by atoms with Gasteiger partial charge in [0, 0.05) is 12.6 Å². The van der Waals surface area contributed by atoms with E-state index in [2.05, 4.69) is 4.72 Å². The minimum absolute atomic E-state index is 0.00983. The number of rotatable bonds is 8. The molecule has 2 atom stereocenters. The predicted molar refractivity (Wildman–Crippen MR) is 114 cm³/mol. The second kappa shape index (κ2) is 9.45. The van der Waals surface area contributed by atoms with Gasteiger partial charge in [0.2, 0.25) is 20.0 Å². The van der Waals surface area contributed by atoms with Crippen molar-refractivity contribution in [1.82, 2.24) is 9.03 Å². The van der Waals surface area contributed by atoms with E-state index in [-0.39, 0.29) is 22.8 Å². The van der Waals surface area contributed by atoms with Gasteiger partial charge in [-0.05, 0) is 55.0 Å². The van der Waals surface area contributed by atoms with Gasteiger partial charge in [0.25, 0.3) is 0 Å². The summed E-state index contributed by atoms with van der Waals surface area (Å²) < 4.78 is 70.3. The van der Waals surface area contributed by atoms with E-state index < -0.39 is 38.1 Å². The summed E-state index contributed by atoms with van der Waals surface area (Å²) in [6, 6.07) is 9.44. The average Bonchev–Trinajstić information content (AvgIpc) is 3.22. The van der Waals surface area contributed by atoms with Gasteiger partial charge in [0.15, 0.2) is 0 Å². The number of ether oxygens (including phenoxy) is 3. The number of benzene rings is 2. The van der Waals surface area contributed by atoms with Crippen LogP contribution in [0.2, 0.25) is 0 Å². The molecule has 0 unspecified atom stereocenters. The predicted octanol–water partition coefficient (Wildman–Crippen LogP) is 0.987. The van der Waals surface area contributed by atoms with Gasteiger partial charge in [-0.15, -0.1) is 0 Å². The summed E-state index contributed by atoms with van der Waals surface area (Å²) in [4.78, 5) is 12.3. The Morgan fingerprint density at radius 3 is 1.84 bits per heavy atom. The zero-order valence-electron chi connectivity index (χ0n) is 17.7. The first kappa shape index (κ1) is 24.0. The normalized spacial score (nSPS) is 19.5. The van der Waals surface area contributed by atoms with Crippen molar-refractivity contribution in [2.24, 2.45) is 0 Å². The lowest BCUT2D eigenvalue weighted by Gasteiger charge is -2.22. The molecule has 2 aromatic rings. The quantitative estimate of drug-likeness (QED) is 0.550. The van der Waals surface area contributed by atoms with Gasteiger partial charge in [-0.3, -0.25) is 4.79 Å². The number of nitrogens with one attached hydrogen (secondary N) is 1. The van der Waals surface area contributed by atoms with Crippen molar-refractivity contribution in [2.45, 2.75) is 28.3 Å². The molecule has 0 bridgehead atoms. The van der Waals surface area contributed by atoms with Crippen LogP contribution in [-0.4, -0.2) is 67.1 Å². The Balaban J connectivity index is 1.86. The molecule has 0 aromatic heterocycles. The first-order valence-electron chi connectivity index (χ1n) is 9.52. The van der Waals surface area contributed by atoms with E-state index in [1.807, 2.05) is 0 Å². The molecule has 1 aliphatic rings. The Bertz CT molecular complexity index is 1160. The lowest BCUT2D eigenvalue weighted by molar-refractivity contribution is -0.144. The molecule has 1 saturated heterocycles. The largest absolute Gasteiger partial charge is 0.497 e. The van der Waals surface area contributed by atoms with E-state index in [1.165, 1.54) is 62.8 Å². The zero-order valence-corrected chi connectivity index (χ0v) is 19.4. The minimum atomic E-state index is -4.10. The molecule has 0 saturated carbocycles. The number of hydrogen-bond acceptors (Lipinski definition) is 8. The molecule has 32 heavy (non-hydrogen) atoms. The summed E-state index contributed by atoms with van der Waals surface area (Å²) in [6.07, 6.45) is -0.0720. The third-order valence-corrected chi connectivity index (χ3v) is 8.51. The smallest absolute Gasteiger partial charge is 0.324 e. The third kappa shape index (κ3) is 4.88. The molecule has 174 valence electrons. The fourth-order valence-corrected chi connectivity index (χ4v) is 6.31. The van der Waals surface area contributed by atoms with Crippen molar-refractivity contribution < 1.29 is 35.8 Å². The van der Waals surface area contributed by atoms with Crippen LogP contribution in [0.4, 0.5) is 0 Å². The Morgan fingerprint density at radius 1 is 0.875 bits per heavy atom. The summed E-state index contributed by atoms with van der Waals surface area (Å²) in [5.41, 5.74) is 0. The fourth-order valence-electron chi connectivity index (χ4n) is 3.43. The monoisotopic (exact) mass is 484 g/mol. The first-order valence-corrected chi connectivity index (χ1v) is 12.4. The molecule has 2 aromatic carbocycles. The molecular formula is C20H24N2O8S2. The topological polar surface area (TPSA) is 128 Å². The molecule has 1 heterocycles. The Labute approximate surface area is 187 Å². The molecule has 1 aliphatic heterocycles. The molecule has 1 fully saturated rings. The van der Waals surface area contributed by atoms with Crippen molar-refractivity contribution in [3.05, 3.63) is 48.5 Å². The highest BCUT2D eigenvalue weighted by Crippen LogP contribution is 2.29. The number of carbonyl (C=O) groups is 1. The Kier molecular flexibility index (Phi) is 7.08. The van der Waals surface area contributed by atoms with E-state index in [0.29, 0.717) is 11.5 Å². The molecule has 0 radical (unpaired) electrons. The fraction of sp³-hybridized carbons (Fsp3) is 0.350. The molecular weight excluding hydrogens is 460 g/mol. The first-order chi connectivity index (χ1) is 15.1. The van der Waals surface area contributed by atoms with Crippen molar-refractivity contribution in [2.75, 3.05) is 27.9 Å². The number of methoxy groups -OCH3 is 3. The Hall–Kier alpha value is -2.67. The van der Waals surface area contributed by atoms with Crippen LogP contribution in [0.25, 0.3) is 0 Å². The van der Waals surface area contributed by atoms with Crippen molar-refractivity contribution >= 4 is 26.0 Å². The summed E-state index contributed by atoms with van der Waals surface area (Å²) in [5.74, 6) is 0.195. The summed E-state index contributed by atoms with van der Waals surface area (Å²) in [6.45, 7) is -0.233. The number of nitrogens with zero attached hydrogens (tertiary/aromatic N) is 1. The molecule has 0 amide bonds. The summed E-state index contributed by atoms with van der Waals surface area (Å²) in [5, 5.41) is 0. The van der Waals surface area contributed by atoms with Gasteiger partial charge < -0.3 is 14.2 Å². The van der Waals surface area contributed by atoms with Gasteiger partial charge in [-0.2, -0.15) is 4.31 Å². The SMILES string of the molecule is COC(=O)[C@H]1C[C@H](NS(=O)(=O)c2ccc(OC)cc2)CN1S(=O)(=O)c1ccc(OC)cc1. The number of sulfonamides is 2. The van der Waals surface area contributed by atoms with Crippen LogP contribution < -0.4 is 14.2 Å². The maximum absolute atomic E-state index is 13.2. The van der Waals surface area contributed by atoms with Gasteiger partial charge in [0.05, 0.1) is 31.1 Å². The molecule has 0 spiro atoms. The molecule has 1 N–H and O–H groups in total. The highest BCUT2D eigenvalue weighted by atomic mass is 32.2. The van der Waals surface area contributed by atoms with Gasteiger partial charge in [-0.25, -0.2) is 21.6 Å². The van der Waals surface area contributed by atoms with Crippen molar-refractivity contribution in [1.29, 1.82) is 0 Å². The van der Waals surface area contributed by atoms with Crippen LogP contribution in [0.1, 0.15) is 6.42 Å². The van der Waals surface area contributed by atoms with E-state index in [1.54, 1.807) is 0 Å². The van der Waals surface area contributed by atoms with Crippen LogP contribution in [0.3, 0.4) is 0 Å². The van der Waals surface area contributed by atoms with E-state index in [0.717, 1.165) is 11.4 Å². The maximum Gasteiger partial charge on any atom is 0.324 e. The van der Waals surface area contributed by atoms with Gasteiger partial charge in [-0.1, -0.05) is 0 Å². The molecule has 0 aliphatic carbocycles. The van der Waals surface area contributed by atoms with Gasteiger partial charge in [0.1, 0.15) is 17.5 Å². The lowest BCUT2D eigenvalue weighted by Crippen LogP contribution is -2.41. The van der Waals surface area contributed by atoms with Crippen LogP contribution in [-0.2, 0) is 29.6 Å².